The van der Waals surface area contributed by atoms with Gasteiger partial charge in [-0.3, -0.25) is 4.79 Å². The lowest BCUT2D eigenvalue weighted by Gasteiger charge is -2.20. The van der Waals surface area contributed by atoms with E-state index >= 15 is 0 Å². The zero-order valence-electron chi connectivity index (χ0n) is 23.1. The van der Waals surface area contributed by atoms with Gasteiger partial charge in [0.15, 0.2) is 0 Å². The molecule has 1 nitrogen and oxygen atoms in total. The lowest BCUT2D eigenvalue weighted by atomic mass is 9.84. The highest BCUT2D eigenvalue weighted by Gasteiger charge is 2.17. The Balaban J connectivity index is 0. The number of carbonyl (C=O) groups is 1. The lowest BCUT2D eigenvalue weighted by Crippen LogP contribution is -2.08. The molecule has 0 aliphatic rings. The number of allylic oxidation sites excluding steroid dienone is 7. The molecule has 0 aliphatic heterocycles. The average molecular weight is 467 g/mol. The van der Waals surface area contributed by atoms with Crippen LogP contribution in [0.1, 0.15) is 119 Å². The number of Topliss-reactive ketones (excluding diaryl/α,β-unsaturated/α-hetero) is 1. The summed E-state index contributed by atoms with van der Waals surface area (Å²) in [5, 5.41) is 0. The van der Waals surface area contributed by atoms with Crippen LogP contribution in [0.25, 0.3) is 0 Å². The van der Waals surface area contributed by atoms with Gasteiger partial charge in [-0.25, -0.2) is 0 Å². The van der Waals surface area contributed by atoms with E-state index in [0.29, 0.717) is 30.5 Å². The predicted octanol–water partition coefficient (Wildman–Crippen LogP) is 10.8. The lowest BCUT2D eigenvalue weighted by molar-refractivity contribution is -0.119. The number of benzene rings is 1. The van der Waals surface area contributed by atoms with E-state index in [-0.39, 0.29) is 1.43 Å². The van der Waals surface area contributed by atoms with Crippen LogP contribution >= 0.6 is 0 Å². The topological polar surface area (TPSA) is 17.1 Å². The van der Waals surface area contributed by atoms with Crippen molar-refractivity contribution in [2.75, 3.05) is 0 Å². The number of ketones is 1. The SMILES string of the molecule is C=C(CCCCC)C(CCC(=O)CCC(C)CC(/C=C\C)=C\C=C/CC)c1ccccc1.CC.[HH]. The number of hydrogen-bond acceptors (Lipinski definition) is 1. The summed E-state index contributed by atoms with van der Waals surface area (Å²) in [7, 11) is 0. The van der Waals surface area contributed by atoms with Crippen LogP contribution in [0.15, 0.2) is 78.4 Å². The van der Waals surface area contributed by atoms with E-state index in [1.807, 2.05) is 13.8 Å². The van der Waals surface area contributed by atoms with Crippen molar-refractivity contribution in [3.05, 3.63) is 84.0 Å². The molecule has 0 saturated heterocycles. The van der Waals surface area contributed by atoms with Gasteiger partial charge in [0.1, 0.15) is 5.78 Å². The summed E-state index contributed by atoms with van der Waals surface area (Å²) in [5.74, 6) is 1.19. The minimum absolute atomic E-state index is 0. The van der Waals surface area contributed by atoms with Gasteiger partial charge in [-0.05, 0) is 62.5 Å². The quantitative estimate of drug-likeness (QED) is 0.127. The second-order valence-corrected chi connectivity index (χ2v) is 9.08. The first-order valence-corrected chi connectivity index (χ1v) is 13.7. The molecule has 34 heavy (non-hydrogen) atoms. The smallest absolute Gasteiger partial charge is 0.132 e. The Morgan fingerprint density at radius 2 is 1.71 bits per heavy atom. The van der Waals surface area contributed by atoms with Crippen molar-refractivity contribution in [2.45, 2.75) is 112 Å². The highest BCUT2D eigenvalue weighted by atomic mass is 16.1. The summed E-state index contributed by atoms with van der Waals surface area (Å²) >= 11 is 0. The highest BCUT2D eigenvalue weighted by molar-refractivity contribution is 5.78. The molecule has 0 radical (unpaired) electrons. The maximum Gasteiger partial charge on any atom is 0.132 e. The van der Waals surface area contributed by atoms with Gasteiger partial charge >= 0.3 is 0 Å². The zero-order valence-corrected chi connectivity index (χ0v) is 23.1. The molecule has 0 spiro atoms. The van der Waals surface area contributed by atoms with Crippen LogP contribution in [0.2, 0.25) is 0 Å². The van der Waals surface area contributed by atoms with E-state index in [2.05, 4.69) is 95.0 Å². The van der Waals surface area contributed by atoms with Crippen LogP contribution in [0, 0.1) is 5.92 Å². The van der Waals surface area contributed by atoms with E-state index in [0.717, 1.165) is 32.1 Å². The fourth-order valence-electron chi connectivity index (χ4n) is 4.14. The van der Waals surface area contributed by atoms with E-state index in [1.54, 1.807) is 0 Å². The molecule has 2 atom stereocenters. The van der Waals surface area contributed by atoms with Gasteiger partial charge in [0.05, 0.1) is 0 Å². The minimum Gasteiger partial charge on any atom is -0.300 e. The Morgan fingerprint density at radius 1 is 1.03 bits per heavy atom. The molecule has 1 rings (SSSR count). The van der Waals surface area contributed by atoms with Gasteiger partial charge < -0.3 is 0 Å². The first-order chi connectivity index (χ1) is 16.5. The summed E-state index contributed by atoms with van der Waals surface area (Å²) in [6.45, 7) is 17.1. The van der Waals surface area contributed by atoms with Crippen LogP contribution in [-0.2, 0) is 4.79 Å². The second-order valence-electron chi connectivity index (χ2n) is 9.08. The van der Waals surface area contributed by atoms with Crippen molar-refractivity contribution in [3.63, 3.8) is 0 Å². The molecule has 0 N–H and O–H groups in total. The molecule has 1 heteroatoms. The van der Waals surface area contributed by atoms with Crippen molar-refractivity contribution in [2.24, 2.45) is 5.92 Å². The Kier molecular flexibility index (Phi) is 20.0. The Morgan fingerprint density at radius 3 is 2.32 bits per heavy atom. The average Bonchev–Trinajstić information content (AvgIpc) is 2.85. The standard InChI is InChI=1S/C31H46O.C2H6.H2/c1-6-9-12-17-27(5)31(29-19-14-11-15-20-29)24-23-30(32)22-21-26(4)25-28(16-8-3)18-13-10-7-2;1-2;/h8,10-11,13-16,18-20,26,31H,5-7,9,12,17,21-25H2,1-4H3;1-2H3;1H/b13-10-,16-8-,28-18-;;. The molecule has 2 unspecified atom stereocenters. The van der Waals surface area contributed by atoms with Crippen LogP contribution in [0.5, 0.6) is 0 Å². The van der Waals surface area contributed by atoms with Crippen LogP contribution in [0.3, 0.4) is 0 Å². The van der Waals surface area contributed by atoms with Gasteiger partial charge in [0.25, 0.3) is 0 Å². The summed E-state index contributed by atoms with van der Waals surface area (Å²) in [6.07, 6.45) is 20.8. The van der Waals surface area contributed by atoms with Crippen molar-refractivity contribution in [3.8, 4) is 0 Å². The summed E-state index contributed by atoms with van der Waals surface area (Å²) in [5.41, 5.74) is 3.92. The van der Waals surface area contributed by atoms with Crippen molar-refractivity contribution in [1.82, 2.24) is 0 Å². The number of hydrogen-bond donors (Lipinski definition) is 0. The number of rotatable bonds is 17. The monoisotopic (exact) mass is 466 g/mol. The van der Waals surface area contributed by atoms with Gasteiger partial charge in [-0.2, -0.15) is 0 Å². The normalized spacial score (nSPS) is 13.5. The summed E-state index contributed by atoms with van der Waals surface area (Å²) < 4.78 is 0. The molecule has 192 valence electrons. The number of carbonyl (C=O) groups excluding carboxylic acids is 1. The van der Waals surface area contributed by atoms with Crippen LogP contribution < -0.4 is 0 Å². The van der Waals surface area contributed by atoms with Gasteiger partial charge in [0, 0.05) is 20.2 Å². The molecule has 0 bridgehead atoms. The molecule has 1 aromatic rings. The first-order valence-electron chi connectivity index (χ1n) is 13.7. The van der Waals surface area contributed by atoms with Gasteiger partial charge in [-0.15, -0.1) is 0 Å². The third kappa shape index (κ3) is 14.9. The zero-order chi connectivity index (χ0) is 25.6. The fraction of sp³-hybridized carbons (Fsp3) is 0.545. The molecule has 0 saturated carbocycles. The minimum atomic E-state index is 0. The van der Waals surface area contributed by atoms with Crippen LogP contribution in [0.4, 0.5) is 0 Å². The summed E-state index contributed by atoms with van der Waals surface area (Å²) in [6, 6.07) is 10.6. The van der Waals surface area contributed by atoms with E-state index in [9.17, 15) is 4.79 Å². The highest BCUT2D eigenvalue weighted by Crippen LogP contribution is 2.32. The molecular formula is C33H54O. The number of unbranched alkanes of at least 4 members (excludes halogenated alkanes) is 2. The van der Waals surface area contributed by atoms with Gasteiger partial charge in [0.2, 0.25) is 0 Å². The van der Waals surface area contributed by atoms with Crippen LogP contribution in [-0.4, -0.2) is 5.78 Å². The Bertz CT molecular complexity index is 742. The van der Waals surface area contributed by atoms with Crippen molar-refractivity contribution >= 4 is 5.78 Å². The molecule has 0 fully saturated rings. The van der Waals surface area contributed by atoms with Crippen molar-refractivity contribution in [1.29, 1.82) is 0 Å². The Labute approximate surface area is 213 Å². The molecule has 1 aromatic carbocycles. The van der Waals surface area contributed by atoms with E-state index in [1.165, 1.54) is 36.0 Å². The second kappa shape index (κ2) is 21.4. The predicted molar refractivity (Wildman–Crippen MR) is 156 cm³/mol. The van der Waals surface area contributed by atoms with E-state index < -0.39 is 0 Å². The molecule has 0 aliphatic carbocycles. The molecule has 0 aromatic heterocycles. The summed E-state index contributed by atoms with van der Waals surface area (Å²) in [4.78, 5) is 12.7. The maximum atomic E-state index is 12.7. The largest absolute Gasteiger partial charge is 0.300 e. The molecule has 0 amide bonds. The third-order valence-corrected chi connectivity index (χ3v) is 6.07. The van der Waals surface area contributed by atoms with E-state index in [4.69, 9.17) is 0 Å². The molecular weight excluding hydrogens is 412 g/mol. The maximum absolute atomic E-state index is 12.7. The van der Waals surface area contributed by atoms with Gasteiger partial charge in [-0.1, -0.05) is 120 Å². The first kappa shape index (κ1) is 31.9. The van der Waals surface area contributed by atoms with Crippen molar-refractivity contribution < 1.29 is 6.22 Å². The molecule has 0 heterocycles. The fourth-order valence-corrected chi connectivity index (χ4v) is 4.14. The Hall–Kier alpha value is -2.15. The third-order valence-electron chi connectivity index (χ3n) is 6.07.